The van der Waals surface area contributed by atoms with Crippen LogP contribution in [0.1, 0.15) is 6.92 Å². The summed E-state index contributed by atoms with van der Waals surface area (Å²) in [5.41, 5.74) is 0. The minimum Gasteiger partial charge on any atom is -0.394 e. The van der Waals surface area contributed by atoms with Crippen molar-refractivity contribution in [2.45, 2.75) is 253 Å². The van der Waals surface area contributed by atoms with Gasteiger partial charge in [0.15, 0.2) is 75.3 Å². The van der Waals surface area contributed by atoms with E-state index < -0.39 is 305 Å². The Kier molecular flexibility index (Phi) is 31.7. The lowest BCUT2D eigenvalue weighted by molar-refractivity contribution is -0.398. The molecule has 7 fully saturated rings. The smallest absolute Gasteiger partial charge is 0.215 e. The number of aliphatic hydroxyl groups is 23. The average molecular weight is 1440 g/mol. The summed E-state index contributed by atoms with van der Waals surface area (Å²) < 4.78 is 95.3. The maximum Gasteiger partial charge on any atom is 0.215 e. The second-order valence-electron chi connectivity index (χ2n) is 23.6. The van der Waals surface area contributed by atoms with Crippen molar-refractivity contribution in [3.05, 3.63) is 0 Å². The fourth-order valence-corrected chi connectivity index (χ4v) is 11.6. The van der Waals surface area contributed by atoms with E-state index in [1.807, 2.05) is 0 Å². The zero-order chi connectivity index (χ0) is 72.3. The summed E-state index contributed by atoms with van der Waals surface area (Å²) in [6, 6.07) is 0. The minimum atomic E-state index is -2.55. The number of hydrogen-bond acceptors (Lipinski definition) is 44. The molecule has 7 heterocycles. The van der Waals surface area contributed by atoms with Crippen LogP contribution in [-0.4, -0.2) is 448 Å². The van der Waals surface area contributed by atoms with Crippen LogP contribution in [0.25, 0.3) is 0 Å². The Morgan fingerprint density at radius 2 is 0.612 bits per heavy atom. The Bertz CT molecular complexity index is 2400. The lowest BCUT2D eigenvalue weighted by Gasteiger charge is -2.50. The third kappa shape index (κ3) is 18.6. The summed E-state index contributed by atoms with van der Waals surface area (Å²) in [7, 11) is 0. The van der Waals surface area contributed by atoms with E-state index >= 15 is 0 Å². The normalized spacial score (nSPS) is 46.5. The summed E-state index contributed by atoms with van der Waals surface area (Å²) in [5, 5.41) is 252. The third-order valence-corrected chi connectivity index (χ3v) is 17.1. The maximum atomic E-state index is 12.2. The first kappa shape index (κ1) is 82.4. The van der Waals surface area contributed by atoms with Crippen molar-refractivity contribution in [2.75, 3.05) is 59.5 Å². The van der Waals surface area contributed by atoms with Gasteiger partial charge >= 0.3 is 0 Å². The zero-order valence-corrected chi connectivity index (χ0v) is 51.6. The quantitative estimate of drug-likeness (QED) is 0.0210. The van der Waals surface area contributed by atoms with Gasteiger partial charge in [-0.3, -0.25) is 4.79 Å². The second kappa shape index (κ2) is 37.7. The molecule has 44 nitrogen and oxygen atoms in total. The van der Waals surface area contributed by atoms with Gasteiger partial charge < -0.3 is 212 Å². The van der Waals surface area contributed by atoms with Crippen LogP contribution < -0.4 is 0 Å². The molecule has 0 aromatic rings. The van der Waals surface area contributed by atoms with E-state index in [-0.39, 0.29) is 25.1 Å². The van der Waals surface area contributed by atoms with Gasteiger partial charge in [0, 0.05) is 0 Å². The molecule has 44 heteroatoms. The number of carbonyl (C=O) groups excluding carboxylic acids is 4. The van der Waals surface area contributed by atoms with Gasteiger partial charge in [0.25, 0.3) is 0 Å². The van der Waals surface area contributed by atoms with E-state index in [9.17, 15) is 137 Å². The van der Waals surface area contributed by atoms with E-state index in [2.05, 4.69) is 0 Å². The monoisotopic (exact) mass is 1440 g/mol. The van der Waals surface area contributed by atoms with Crippen molar-refractivity contribution in [2.24, 2.45) is 0 Å². The van der Waals surface area contributed by atoms with Crippen LogP contribution in [0, 0.1) is 0 Å². The minimum absolute atomic E-state index is 0.0179. The highest BCUT2D eigenvalue weighted by molar-refractivity contribution is 5.59. The van der Waals surface area contributed by atoms with E-state index in [0.717, 1.165) is 0 Å². The number of ether oxygens (including phenoxy) is 17. The first-order chi connectivity index (χ1) is 46.7. The predicted octanol–water partition coefficient (Wildman–Crippen LogP) is -17.6. The number of carbonyl (C=O) groups is 4. The SMILES string of the molecule is CC1OC(CO)C(O)C(OC2OC(CO)C(O)C(OC3OC(CO)C(O)C(OC4OC(COC5OC(CO)C(O)C(OC6OC(CO)C(O)C(OC(C=O)OC(C=O)CO)C6O)[C@@H]5O)C(O)C(OC5OC(CO)C(O)C(OC(OC(C=O)CO)C(O)C=O)C5O)C4O)C3O)C2O)C1O. The van der Waals surface area contributed by atoms with E-state index in [4.69, 9.17) is 80.5 Å². The molecule has 0 saturated carbocycles. The number of aldehydes is 4. The molecule has 0 aromatic heterocycles. The average Bonchev–Trinajstić information content (AvgIpc) is 0.780. The molecule has 7 aliphatic rings. The van der Waals surface area contributed by atoms with Crippen LogP contribution in [0.2, 0.25) is 0 Å². The molecule has 7 rings (SSSR count). The fourth-order valence-electron chi connectivity index (χ4n) is 11.6. The molecule has 568 valence electrons. The number of rotatable bonds is 34. The number of hydrogen-bond donors (Lipinski definition) is 23. The van der Waals surface area contributed by atoms with Gasteiger partial charge in [-0.25, -0.2) is 0 Å². The van der Waals surface area contributed by atoms with Crippen molar-refractivity contribution < 1.29 is 217 Å². The standard InChI is InChI=1S/C54H88O44/c1-15-27(68)41(28(69)19(7-60)83-15)94-51-38(79)45(32(73)23(11-64)88-51)96-53-39(80)46(33(74)24(12-65)90-53)97-54-40(81)47(98-52-37(78)44(31(72)22(10-63)89-52)93-48(18(67)6-59)85-17(4-57)5-58)34(75)25(91-54)14-82-49-35(76)43(30(71)20(8-61)86-49)95-50-36(77)42(29(70)21(9-62)87-50)92-26(13-66)84-16(2-55)3-56/h2,4,6,13,15-54,56,58,60-65,67-81H,3,5,7-12,14H2,1H3/t15?,16?,17?,18?,19?,20?,21?,22?,23?,24?,25?,26?,27?,28?,29?,30?,31?,32?,33?,34?,35-,36?,37?,38?,39?,40?,41?,42?,43?,44?,45?,46?,47?,48?,49?,50?,51?,52?,53?,54?/m0/s1. The van der Waals surface area contributed by atoms with Crippen LogP contribution in [-0.2, 0) is 99.7 Å². The summed E-state index contributed by atoms with van der Waals surface area (Å²) in [4.78, 5) is 46.5. The van der Waals surface area contributed by atoms with Gasteiger partial charge in [-0.15, -0.1) is 0 Å². The summed E-state index contributed by atoms with van der Waals surface area (Å²) in [6.07, 6.45) is -83.2. The molecule has 7 aliphatic heterocycles. The molecule has 0 aromatic carbocycles. The molecule has 98 heavy (non-hydrogen) atoms. The highest BCUT2D eigenvalue weighted by Gasteiger charge is 2.59. The second-order valence-corrected chi connectivity index (χ2v) is 23.6. The van der Waals surface area contributed by atoms with Crippen LogP contribution in [0.5, 0.6) is 0 Å². The van der Waals surface area contributed by atoms with E-state index in [1.165, 1.54) is 6.92 Å². The Balaban J connectivity index is 1.18. The molecular weight excluding hydrogens is 1350 g/mol. The summed E-state index contributed by atoms with van der Waals surface area (Å²) in [6.45, 7) is -8.21. The third-order valence-electron chi connectivity index (χ3n) is 17.1. The van der Waals surface area contributed by atoms with Crippen molar-refractivity contribution >= 4 is 25.1 Å². The molecule has 0 spiro atoms. The summed E-state index contributed by atoms with van der Waals surface area (Å²) in [5.74, 6) is 0. The van der Waals surface area contributed by atoms with Gasteiger partial charge in [0.2, 0.25) is 6.29 Å². The molecule has 0 radical (unpaired) electrons. The first-order valence-electron chi connectivity index (χ1n) is 30.7. The molecule has 0 amide bonds. The Labute approximate surface area is 553 Å². The molecule has 40 atom stereocenters. The van der Waals surface area contributed by atoms with Gasteiger partial charge in [0.05, 0.1) is 65.6 Å². The van der Waals surface area contributed by atoms with Crippen LogP contribution in [0.3, 0.4) is 0 Å². The highest BCUT2D eigenvalue weighted by Crippen LogP contribution is 2.38. The van der Waals surface area contributed by atoms with Gasteiger partial charge in [-0.2, -0.15) is 0 Å². The lowest BCUT2D eigenvalue weighted by atomic mass is 9.94. The Morgan fingerprint density at radius 1 is 0.327 bits per heavy atom. The molecule has 0 bridgehead atoms. The van der Waals surface area contributed by atoms with Gasteiger partial charge in [-0.1, -0.05) is 0 Å². The number of aliphatic hydroxyl groups excluding tert-OH is 23. The lowest BCUT2D eigenvalue weighted by Crippen LogP contribution is -2.68. The predicted molar refractivity (Wildman–Crippen MR) is 295 cm³/mol. The van der Waals surface area contributed by atoms with Crippen molar-refractivity contribution in [3.63, 3.8) is 0 Å². The van der Waals surface area contributed by atoms with Crippen LogP contribution in [0.4, 0.5) is 0 Å². The highest BCUT2D eigenvalue weighted by atomic mass is 16.8. The van der Waals surface area contributed by atoms with Gasteiger partial charge in [-0.05, 0) is 6.92 Å². The Hall–Kier alpha value is -2.92. The topological polar surface area (TPSA) is 690 Å². The van der Waals surface area contributed by atoms with E-state index in [1.54, 1.807) is 0 Å². The van der Waals surface area contributed by atoms with Crippen molar-refractivity contribution in [3.8, 4) is 0 Å². The Morgan fingerprint density at radius 3 is 0.949 bits per heavy atom. The summed E-state index contributed by atoms with van der Waals surface area (Å²) >= 11 is 0. The van der Waals surface area contributed by atoms with Crippen molar-refractivity contribution in [1.82, 2.24) is 0 Å². The van der Waals surface area contributed by atoms with Gasteiger partial charge in [0.1, 0.15) is 183 Å². The first-order valence-corrected chi connectivity index (χ1v) is 30.7. The maximum absolute atomic E-state index is 12.2. The molecule has 0 aliphatic carbocycles. The molecular formula is C54H88O44. The molecule has 7 saturated heterocycles. The molecule has 23 N–H and O–H groups in total. The zero-order valence-electron chi connectivity index (χ0n) is 51.6. The fraction of sp³-hybridized carbons (Fsp3) is 0.926. The molecule has 39 unspecified atom stereocenters. The van der Waals surface area contributed by atoms with E-state index in [0.29, 0.717) is 0 Å². The van der Waals surface area contributed by atoms with Crippen molar-refractivity contribution in [1.29, 1.82) is 0 Å². The van der Waals surface area contributed by atoms with Crippen LogP contribution in [0.15, 0.2) is 0 Å². The van der Waals surface area contributed by atoms with Crippen LogP contribution >= 0.6 is 0 Å². The largest absolute Gasteiger partial charge is 0.394 e.